The van der Waals surface area contributed by atoms with E-state index >= 15 is 0 Å². The molecular formula is C10H24N2+2. The van der Waals surface area contributed by atoms with Crippen LogP contribution in [0.15, 0.2) is 0 Å². The maximum absolute atomic E-state index is 4.21. The van der Waals surface area contributed by atoms with Crippen LogP contribution in [0.25, 0.3) is 0 Å². The van der Waals surface area contributed by atoms with Gasteiger partial charge in [0.05, 0.1) is 12.6 Å². The molecule has 2 atom stereocenters. The molecule has 0 aromatic heterocycles. The van der Waals surface area contributed by atoms with E-state index in [1.165, 1.54) is 19.3 Å². The minimum atomic E-state index is 0.453. The summed E-state index contributed by atoms with van der Waals surface area (Å²) in [6, 6.07) is 0.639. The van der Waals surface area contributed by atoms with Crippen LogP contribution >= 0.6 is 0 Å². The van der Waals surface area contributed by atoms with Crippen molar-refractivity contribution in [3.63, 3.8) is 0 Å². The summed E-state index contributed by atoms with van der Waals surface area (Å²) in [7, 11) is 0. The Hall–Kier alpha value is -0.0800. The quantitative estimate of drug-likeness (QED) is 0.562. The molecule has 1 rings (SSSR count). The van der Waals surface area contributed by atoms with Crippen molar-refractivity contribution in [2.45, 2.75) is 46.1 Å². The van der Waals surface area contributed by atoms with Crippen molar-refractivity contribution >= 4 is 0 Å². The van der Waals surface area contributed by atoms with Gasteiger partial charge in [0, 0.05) is 18.3 Å². The van der Waals surface area contributed by atoms with Gasteiger partial charge in [0.1, 0.15) is 0 Å². The van der Waals surface area contributed by atoms with Crippen LogP contribution in [0.2, 0.25) is 0 Å². The SMILES string of the molecule is CC1(C)CC([NH3+])CC(C)(C[NH3+])C1. The summed E-state index contributed by atoms with van der Waals surface area (Å²) in [5, 5.41) is 0. The normalized spacial score (nSPS) is 41.2. The van der Waals surface area contributed by atoms with Crippen LogP contribution in [-0.2, 0) is 0 Å². The van der Waals surface area contributed by atoms with Crippen LogP contribution in [0, 0.1) is 10.8 Å². The molecule has 2 heteroatoms. The molecule has 0 saturated heterocycles. The maximum atomic E-state index is 4.21. The third-order valence-electron chi connectivity index (χ3n) is 3.13. The Balaban J connectivity index is 2.70. The van der Waals surface area contributed by atoms with Gasteiger partial charge in [-0.25, -0.2) is 0 Å². The van der Waals surface area contributed by atoms with Crippen LogP contribution in [0.5, 0.6) is 0 Å². The highest BCUT2D eigenvalue weighted by atomic mass is 14.7. The first-order chi connectivity index (χ1) is 5.37. The van der Waals surface area contributed by atoms with E-state index < -0.39 is 0 Å². The van der Waals surface area contributed by atoms with Crippen LogP contribution in [0.4, 0.5) is 0 Å². The second kappa shape index (κ2) is 3.00. The van der Waals surface area contributed by atoms with E-state index in [2.05, 4.69) is 32.2 Å². The van der Waals surface area contributed by atoms with Gasteiger partial charge < -0.3 is 11.5 Å². The molecule has 6 N–H and O–H groups in total. The lowest BCUT2D eigenvalue weighted by atomic mass is 9.63. The van der Waals surface area contributed by atoms with Crippen LogP contribution in [-0.4, -0.2) is 12.6 Å². The molecule has 12 heavy (non-hydrogen) atoms. The van der Waals surface area contributed by atoms with Crippen molar-refractivity contribution in [3.8, 4) is 0 Å². The van der Waals surface area contributed by atoms with Crippen molar-refractivity contribution in [2.75, 3.05) is 6.54 Å². The van der Waals surface area contributed by atoms with E-state index in [4.69, 9.17) is 0 Å². The van der Waals surface area contributed by atoms with Gasteiger partial charge >= 0.3 is 0 Å². The third-order valence-corrected chi connectivity index (χ3v) is 3.13. The average Bonchev–Trinajstić information content (AvgIpc) is 1.82. The van der Waals surface area contributed by atoms with E-state index in [0.29, 0.717) is 16.9 Å². The molecule has 0 bridgehead atoms. The number of quaternary nitrogens is 2. The van der Waals surface area contributed by atoms with E-state index in [0.717, 1.165) is 6.54 Å². The first-order valence-electron chi connectivity index (χ1n) is 4.99. The standard InChI is InChI=1S/C10H22N2/c1-9(2)4-8(12)5-10(3,6-9)7-11/h8H,4-7,11-12H2,1-3H3/p+2. The zero-order chi connectivity index (χ0) is 9.41. The molecule has 0 amide bonds. The minimum absolute atomic E-state index is 0.453. The summed E-state index contributed by atoms with van der Waals surface area (Å²) in [4.78, 5) is 0. The zero-order valence-electron chi connectivity index (χ0n) is 8.82. The molecule has 2 nitrogen and oxygen atoms in total. The zero-order valence-corrected chi connectivity index (χ0v) is 8.82. The Morgan fingerprint density at radius 2 is 1.83 bits per heavy atom. The average molecular weight is 172 g/mol. The van der Waals surface area contributed by atoms with Gasteiger partial charge in [-0.2, -0.15) is 0 Å². The lowest BCUT2D eigenvalue weighted by Gasteiger charge is -2.42. The number of hydrogen-bond acceptors (Lipinski definition) is 0. The fourth-order valence-corrected chi connectivity index (χ4v) is 3.04. The molecule has 1 aliphatic carbocycles. The van der Waals surface area contributed by atoms with Gasteiger partial charge in [0.15, 0.2) is 0 Å². The highest BCUT2D eigenvalue weighted by Gasteiger charge is 2.41. The third kappa shape index (κ3) is 2.20. The summed E-state index contributed by atoms with van der Waals surface area (Å²) in [5.74, 6) is 0. The Labute approximate surface area is 75.7 Å². The van der Waals surface area contributed by atoms with Crippen LogP contribution in [0.1, 0.15) is 40.0 Å². The molecule has 72 valence electrons. The second-order valence-corrected chi connectivity index (χ2v) is 5.68. The molecule has 0 spiro atoms. The molecule has 1 fully saturated rings. The van der Waals surface area contributed by atoms with Gasteiger partial charge in [-0.15, -0.1) is 0 Å². The lowest BCUT2D eigenvalue weighted by Crippen LogP contribution is -2.69. The smallest absolute Gasteiger partial charge is 0.0856 e. The molecule has 2 unspecified atom stereocenters. The van der Waals surface area contributed by atoms with Crippen LogP contribution < -0.4 is 11.5 Å². The molecule has 1 aliphatic rings. The molecule has 0 heterocycles. The van der Waals surface area contributed by atoms with Crippen molar-refractivity contribution in [1.82, 2.24) is 0 Å². The van der Waals surface area contributed by atoms with E-state index in [-0.39, 0.29) is 0 Å². The van der Waals surface area contributed by atoms with Crippen molar-refractivity contribution in [1.29, 1.82) is 0 Å². The molecular weight excluding hydrogens is 148 g/mol. The summed E-state index contributed by atoms with van der Waals surface area (Å²) in [6.45, 7) is 8.14. The predicted octanol–water partition coefficient (Wildman–Crippen LogP) is 0.0552. The molecule has 0 radical (unpaired) electrons. The number of hydrogen-bond donors (Lipinski definition) is 2. The van der Waals surface area contributed by atoms with Crippen molar-refractivity contribution < 1.29 is 11.5 Å². The fraction of sp³-hybridized carbons (Fsp3) is 1.00. The maximum Gasteiger partial charge on any atom is 0.0856 e. The lowest BCUT2D eigenvalue weighted by molar-refractivity contribution is -0.451. The summed E-state index contributed by atoms with van der Waals surface area (Å²) >= 11 is 0. The molecule has 0 aromatic rings. The van der Waals surface area contributed by atoms with E-state index in [1.807, 2.05) is 0 Å². The summed E-state index contributed by atoms with van der Waals surface area (Å²) in [5.41, 5.74) is 9.20. The van der Waals surface area contributed by atoms with Gasteiger partial charge in [-0.3, -0.25) is 0 Å². The van der Waals surface area contributed by atoms with Crippen molar-refractivity contribution in [2.24, 2.45) is 10.8 Å². The highest BCUT2D eigenvalue weighted by Crippen LogP contribution is 2.43. The summed E-state index contributed by atoms with van der Waals surface area (Å²) in [6.07, 6.45) is 3.86. The molecule has 0 aliphatic heterocycles. The fourth-order valence-electron chi connectivity index (χ4n) is 3.04. The predicted molar refractivity (Wildman–Crippen MR) is 50.2 cm³/mol. The monoisotopic (exact) mass is 172 g/mol. The first-order valence-corrected chi connectivity index (χ1v) is 4.99. The van der Waals surface area contributed by atoms with Gasteiger partial charge in [0.25, 0.3) is 0 Å². The van der Waals surface area contributed by atoms with E-state index in [1.54, 1.807) is 0 Å². The minimum Gasteiger partial charge on any atom is -0.357 e. The Morgan fingerprint density at radius 1 is 1.25 bits per heavy atom. The summed E-state index contributed by atoms with van der Waals surface area (Å²) < 4.78 is 0. The van der Waals surface area contributed by atoms with Crippen LogP contribution in [0.3, 0.4) is 0 Å². The van der Waals surface area contributed by atoms with Crippen molar-refractivity contribution in [3.05, 3.63) is 0 Å². The highest BCUT2D eigenvalue weighted by molar-refractivity contribution is 4.90. The van der Waals surface area contributed by atoms with Gasteiger partial charge in [-0.1, -0.05) is 20.8 Å². The Morgan fingerprint density at radius 3 is 2.25 bits per heavy atom. The first kappa shape index (κ1) is 10.0. The topological polar surface area (TPSA) is 55.3 Å². The molecule has 1 saturated carbocycles. The largest absolute Gasteiger partial charge is 0.357 e. The van der Waals surface area contributed by atoms with E-state index in [9.17, 15) is 0 Å². The van der Waals surface area contributed by atoms with Gasteiger partial charge in [-0.05, 0) is 11.8 Å². The number of rotatable bonds is 1. The second-order valence-electron chi connectivity index (χ2n) is 5.68. The van der Waals surface area contributed by atoms with Gasteiger partial charge in [0.2, 0.25) is 0 Å². The Bertz CT molecular complexity index is 165. The molecule has 0 aromatic carbocycles. The Kier molecular flexibility index (Phi) is 2.50.